The minimum Gasteiger partial charge on any atom is -0.354 e. The zero-order chi connectivity index (χ0) is 17.5. The van der Waals surface area contributed by atoms with Crippen LogP contribution in [0.15, 0.2) is 45.7 Å². The first-order valence-electron chi connectivity index (χ1n) is 8.13. The summed E-state index contributed by atoms with van der Waals surface area (Å²) in [5, 5.41) is 7.33. The molecule has 1 N–H and O–H groups in total. The largest absolute Gasteiger partial charge is 0.354 e. The highest BCUT2D eigenvalue weighted by atomic mass is 79.9. The van der Waals surface area contributed by atoms with Crippen molar-refractivity contribution in [3.05, 3.63) is 51.2 Å². The van der Waals surface area contributed by atoms with Crippen molar-refractivity contribution in [3.8, 4) is 11.3 Å². The van der Waals surface area contributed by atoms with Crippen LogP contribution in [-0.4, -0.2) is 21.7 Å². The summed E-state index contributed by atoms with van der Waals surface area (Å²) < 4.78 is 2.42. The van der Waals surface area contributed by atoms with Crippen LogP contribution in [0.5, 0.6) is 0 Å². The van der Waals surface area contributed by atoms with Crippen molar-refractivity contribution in [2.75, 3.05) is 0 Å². The highest BCUT2D eigenvalue weighted by Gasteiger charge is 2.07. The number of aromatic nitrogens is 2. The zero-order valence-corrected chi connectivity index (χ0v) is 15.5. The Hall–Kier alpha value is -1.95. The van der Waals surface area contributed by atoms with Crippen molar-refractivity contribution < 1.29 is 4.79 Å². The van der Waals surface area contributed by atoms with Crippen LogP contribution in [0.25, 0.3) is 11.3 Å². The SMILES string of the molecule is CCC(C)NC(=O)CCCn1nc(-c2ccc(Br)cc2)ccc1=O. The molecule has 0 aliphatic carbocycles. The van der Waals surface area contributed by atoms with Crippen molar-refractivity contribution in [1.82, 2.24) is 15.1 Å². The Morgan fingerprint density at radius 2 is 1.96 bits per heavy atom. The van der Waals surface area contributed by atoms with Gasteiger partial charge >= 0.3 is 0 Å². The molecule has 0 saturated heterocycles. The van der Waals surface area contributed by atoms with E-state index in [4.69, 9.17) is 0 Å². The van der Waals surface area contributed by atoms with E-state index in [2.05, 4.69) is 26.3 Å². The molecular weight excluding hydrogens is 370 g/mol. The first kappa shape index (κ1) is 18.4. The molecule has 1 aromatic carbocycles. The monoisotopic (exact) mass is 391 g/mol. The molecule has 0 bridgehead atoms. The van der Waals surface area contributed by atoms with Gasteiger partial charge in [0.05, 0.1) is 5.69 Å². The quantitative estimate of drug-likeness (QED) is 0.786. The van der Waals surface area contributed by atoms with Gasteiger partial charge in [0.25, 0.3) is 5.56 Å². The minimum atomic E-state index is -0.154. The molecule has 6 heteroatoms. The molecule has 24 heavy (non-hydrogen) atoms. The Morgan fingerprint density at radius 3 is 2.62 bits per heavy atom. The maximum Gasteiger partial charge on any atom is 0.266 e. The molecule has 0 radical (unpaired) electrons. The van der Waals surface area contributed by atoms with Gasteiger partial charge in [-0.05, 0) is 38.0 Å². The lowest BCUT2D eigenvalue weighted by atomic mass is 10.1. The van der Waals surface area contributed by atoms with E-state index in [9.17, 15) is 9.59 Å². The predicted octanol–water partition coefficient (Wildman–Crippen LogP) is 3.37. The Balaban J connectivity index is 2.00. The second-order valence-corrected chi connectivity index (χ2v) is 6.68. The molecule has 1 heterocycles. The second-order valence-electron chi connectivity index (χ2n) is 5.77. The number of benzene rings is 1. The van der Waals surface area contributed by atoms with Crippen molar-refractivity contribution in [3.63, 3.8) is 0 Å². The summed E-state index contributed by atoms with van der Waals surface area (Å²) in [5.41, 5.74) is 1.53. The molecular formula is C18H22BrN3O2. The van der Waals surface area contributed by atoms with Crippen molar-refractivity contribution in [1.29, 1.82) is 0 Å². The molecule has 2 aromatic rings. The average Bonchev–Trinajstić information content (AvgIpc) is 2.57. The summed E-state index contributed by atoms with van der Waals surface area (Å²) in [6.45, 7) is 4.44. The average molecular weight is 392 g/mol. The van der Waals surface area contributed by atoms with Gasteiger partial charge in [-0.1, -0.05) is 35.0 Å². The number of amides is 1. The predicted molar refractivity (Wildman–Crippen MR) is 98.8 cm³/mol. The molecule has 2 rings (SSSR count). The van der Waals surface area contributed by atoms with E-state index in [1.807, 2.05) is 38.1 Å². The third kappa shape index (κ3) is 5.30. The van der Waals surface area contributed by atoms with Crippen LogP contribution < -0.4 is 10.9 Å². The summed E-state index contributed by atoms with van der Waals surface area (Å²) in [7, 11) is 0. The van der Waals surface area contributed by atoms with E-state index in [1.165, 1.54) is 10.7 Å². The summed E-state index contributed by atoms with van der Waals surface area (Å²) >= 11 is 3.40. The van der Waals surface area contributed by atoms with Gasteiger partial charge in [-0.25, -0.2) is 4.68 Å². The van der Waals surface area contributed by atoms with Crippen molar-refractivity contribution in [2.24, 2.45) is 0 Å². The molecule has 5 nitrogen and oxygen atoms in total. The van der Waals surface area contributed by atoms with E-state index in [-0.39, 0.29) is 17.5 Å². The topological polar surface area (TPSA) is 64.0 Å². The van der Waals surface area contributed by atoms with Crippen LogP contribution in [0, 0.1) is 0 Å². The van der Waals surface area contributed by atoms with Crippen LogP contribution >= 0.6 is 15.9 Å². The highest BCUT2D eigenvalue weighted by Crippen LogP contribution is 2.18. The van der Waals surface area contributed by atoms with Crippen LogP contribution in [0.4, 0.5) is 0 Å². The number of halogens is 1. The molecule has 1 amide bonds. The fourth-order valence-electron chi connectivity index (χ4n) is 2.22. The summed E-state index contributed by atoms with van der Waals surface area (Å²) in [6, 6.07) is 11.2. The van der Waals surface area contributed by atoms with E-state index in [0.717, 1.165) is 22.2 Å². The van der Waals surface area contributed by atoms with E-state index in [1.54, 1.807) is 6.07 Å². The Kier molecular flexibility index (Phi) is 6.73. The molecule has 0 aliphatic heterocycles. The standard InChI is InChI=1S/C18H22BrN3O2/c1-3-13(2)20-17(23)5-4-12-22-18(24)11-10-16(21-22)14-6-8-15(19)9-7-14/h6-11,13H,3-5,12H2,1-2H3,(H,20,23). The number of aryl methyl sites for hydroxylation is 1. The van der Waals surface area contributed by atoms with Gasteiger partial charge in [0.15, 0.2) is 0 Å². The van der Waals surface area contributed by atoms with Crippen molar-refractivity contribution in [2.45, 2.75) is 45.7 Å². The minimum absolute atomic E-state index is 0.0152. The van der Waals surface area contributed by atoms with Gasteiger partial charge in [-0.15, -0.1) is 0 Å². The molecule has 1 unspecified atom stereocenters. The van der Waals surface area contributed by atoms with Gasteiger partial charge in [0.1, 0.15) is 0 Å². The third-order valence-corrected chi connectivity index (χ3v) is 4.33. The fourth-order valence-corrected chi connectivity index (χ4v) is 2.49. The molecule has 0 aliphatic rings. The smallest absolute Gasteiger partial charge is 0.266 e. The van der Waals surface area contributed by atoms with Crippen molar-refractivity contribution >= 4 is 21.8 Å². The number of nitrogens with one attached hydrogen (secondary N) is 1. The Bertz CT molecular complexity index is 741. The molecule has 128 valence electrons. The van der Waals surface area contributed by atoms with E-state index >= 15 is 0 Å². The lowest BCUT2D eigenvalue weighted by Crippen LogP contribution is -2.32. The number of carbonyl (C=O) groups excluding carboxylic acids is 1. The van der Waals surface area contributed by atoms with Crippen LogP contribution in [0.1, 0.15) is 33.1 Å². The van der Waals surface area contributed by atoms with Gasteiger partial charge < -0.3 is 5.32 Å². The summed E-state index contributed by atoms with van der Waals surface area (Å²) in [6.07, 6.45) is 1.88. The number of rotatable bonds is 7. The molecule has 0 spiro atoms. The Labute approximate surface area is 150 Å². The molecule has 0 fully saturated rings. The Morgan fingerprint density at radius 1 is 1.25 bits per heavy atom. The fraction of sp³-hybridized carbons (Fsp3) is 0.389. The highest BCUT2D eigenvalue weighted by molar-refractivity contribution is 9.10. The number of hydrogen-bond donors (Lipinski definition) is 1. The summed E-state index contributed by atoms with van der Waals surface area (Å²) in [4.78, 5) is 23.7. The maximum absolute atomic E-state index is 11.9. The molecule has 0 saturated carbocycles. The normalized spacial score (nSPS) is 12.0. The zero-order valence-electron chi connectivity index (χ0n) is 14.0. The lowest BCUT2D eigenvalue weighted by molar-refractivity contribution is -0.121. The lowest BCUT2D eigenvalue weighted by Gasteiger charge is -2.11. The number of nitrogens with zero attached hydrogens (tertiary/aromatic N) is 2. The second kappa shape index (κ2) is 8.78. The summed E-state index contributed by atoms with van der Waals surface area (Å²) in [5.74, 6) is 0.0152. The molecule has 1 aromatic heterocycles. The van der Waals surface area contributed by atoms with Gasteiger partial charge in [-0.3, -0.25) is 9.59 Å². The first-order valence-corrected chi connectivity index (χ1v) is 8.92. The third-order valence-electron chi connectivity index (χ3n) is 3.80. The van der Waals surface area contributed by atoms with Gasteiger partial charge in [-0.2, -0.15) is 5.10 Å². The number of hydrogen-bond acceptors (Lipinski definition) is 3. The van der Waals surface area contributed by atoms with Crippen LogP contribution in [0.2, 0.25) is 0 Å². The number of carbonyl (C=O) groups is 1. The van der Waals surface area contributed by atoms with E-state index < -0.39 is 0 Å². The van der Waals surface area contributed by atoms with Gasteiger partial charge in [0, 0.05) is 35.1 Å². The molecule has 1 atom stereocenters. The van der Waals surface area contributed by atoms with E-state index in [0.29, 0.717) is 19.4 Å². The first-order chi connectivity index (χ1) is 11.5. The maximum atomic E-state index is 11.9. The van der Waals surface area contributed by atoms with Crippen LogP contribution in [-0.2, 0) is 11.3 Å². The van der Waals surface area contributed by atoms with Gasteiger partial charge in [0.2, 0.25) is 5.91 Å². The van der Waals surface area contributed by atoms with Crippen LogP contribution in [0.3, 0.4) is 0 Å².